The molecule has 1 aromatic carbocycles. The van der Waals surface area contributed by atoms with Crippen molar-refractivity contribution in [2.24, 2.45) is 0 Å². The summed E-state index contributed by atoms with van der Waals surface area (Å²) in [5, 5.41) is 1.17. The number of nitrogens with zero attached hydrogens (tertiary/aromatic N) is 2. The molecule has 0 spiro atoms. The van der Waals surface area contributed by atoms with Gasteiger partial charge in [-0.05, 0) is 36.6 Å². The summed E-state index contributed by atoms with van der Waals surface area (Å²) in [4.78, 5) is 15.3. The van der Waals surface area contributed by atoms with Crippen molar-refractivity contribution in [3.8, 4) is 0 Å². The number of halogens is 1. The zero-order valence-corrected chi connectivity index (χ0v) is 14.1. The molecule has 0 unspecified atom stereocenters. The van der Waals surface area contributed by atoms with Crippen LogP contribution in [0.2, 0.25) is 4.34 Å². The number of likely N-dealkylation sites (N-methyl/N-ethyl adjacent to an activating group) is 1. The van der Waals surface area contributed by atoms with Crippen LogP contribution in [0.5, 0.6) is 0 Å². The van der Waals surface area contributed by atoms with Crippen LogP contribution in [0.1, 0.15) is 10.6 Å². The van der Waals surface area contributed by atoms with Gasteiger partial charge in [0.1, 0.15) is 6.54 Å². The third-order valence-electron chi connectivity index (χ3n) is 3.76. The molecule has 3 aromatic rings. The Hall–Kier alpha value is -1.78. The molecule has 0 aliphatic carbocycles. The van der Waals surface area contributed by atoms with Gasteiger partial charge in [-0.3, -0.25) is 4.79 Å². The predicted molar refractivity (Wildman–Crippen MR) is 92.5 cm³/mol. The smallest absolute Gasteiger partial charge is 0.242 e. The molecule has 22 heavy (non-hydrogen) atoms. The fraction of sp³-hybridized carbons (Fsp3) is 0.235. The highest BCUT2D eigenvalue weighted by molar-refractivity contribution is 7.16. The highest BCUT2D eigenvalue weighted by Gasteiger charge is 2.14. The molecule has 114 valence electrons. The number of hydrogen-bond acceptors (Lipinski definition) is 2. The zero-order chi connectivity index (χ0) is 15.7. The summed E-state index contributed by atoms with van der Waals surface area (Å²) >= 11 is 7.45. The van der Waals surface area contributed by atoms with E-state index in [1.165, 1.54) is 16.7 Å². The number of carbonyl (C=O) groups excluding carboxylic acids is 1. The lowest BCUT2D eigenvalue weighted by Crippen LogP contribution is -2.29. The Bertz CT molecular complexity index is 821. The lowest BCUT2D eigenvalue weighted by Gasteiger charge is -2.18. The summed E-state index contributed by atoms with van der Waals surface area (Å²) in [5.41, 5.74) is 2.20. The fourth-order valence-corrected chi connectivity index (χ4v) is 3.71. The van der Waals surface area contributed by atoms with Gasteiger partial charge in [0.2, 0.25) is 5.91 Å². The van der Waals surface area contributed by atoms with Crippen LogP contribution >= 0.6 is 22.9 Å². The summed E-state index contributed by atoms with van der Waals surface area (Å²) < 4.78 is 2.82. The summed E-state index contributed by atoms with van der Waals surface area (Å²) in [5.74, 6) is 0.0916. The molecule has 0 fully saturated rings. The third kappa shape index (κ3) is 3.03. The van der Waals surface area contributed by atoms with Crippen LogP contribution in [-0.4, -0.2) is 22.4 Å². The highest BCUT2D eigenvalue weighted by Crippen LogP contribution is 2.23. The Kier molecular flexibility index (Phi) is 4.23. The Morgan fingerprint density at radius 2 is 2.05 bits per heavy atom. The topological polar surface area (TPSA) is 25.2 Å². The van der Waals surface area contributed by atoms with E-state index in [0.717, 1.165) is 20.4 Å². The van der Waals surface area contributed by atoms with Gasteiger partial charge >= 0.3 is 0 Å². The fourth-order valence-electron chi connectivity index (χ4n) is 2.57. The number of benzene rings is 1. The Morgan fingerprint density at radius 1 is 1.27 bits per heavy atom. The van der Waals surface area contributed by atoms with Crippen molar-refractivity contribution < 1.29 is 4.79 Å². The maximum Gasteiger partial charge on any atom is 0.242 e. The molecule has 0 atom stereocenters. The summed E-state index contributed by atoms with van der Waals surface area (Å²) in [6.07, 6.45) is 0. The SMILES string of the molecule is Cc1cc2ccccc2n1CC(=O)N(C)Cc1ccc(Cl)s1. The number of para-hydroxylation sites is 1. The number of fused-ring (bicyclic) bond motifs is 1. The molecule has 2 heterocycles. The minimum Gasteiger partial charge on any atom is -0.339 e. The summed E-state index contributed by atoms with van der Waals surface area (Å²) in [6.45, 7) is 2.98. The van der Waals surface area contributed by atoms with Crippen LogP contribution in [0.4, 0.5) is 0 Å². The molecule has 1 amide bonds. The minimum atomic E-state index is 0.0916. The van der Waals surface area contributed by atoms with Crippen LogP contribution in [0.3, 0.4) is 0 Å². The molecule has 5 heteroatoms. The molecule has 3 nitrogen and oxygen atoms in total. The van der Waals surface area contributed by atoms with Crippen LogP contribution in [-0.2, 0) is 17.9 Å². The number of carbonyl (C=O) groups is 1. The zero-order valence-electron chi connectivity index (χ0n) is 12.5. The molecule has 0 saturated carbocycles. The normalized spacial score (nSPS) is 11.0. The highest BCUT2D eigenvalue weighted by atomic mass is 35.5. The Labute approximate surface area is 138 Å². The van der Waals surface area contributed by atoms with Crippen molar-refractivity contribution in [1.29, 1.82) is 0 Å². The van der Waals surface area contributed by atoms with Gasteiger partial charge in [-0.1, -0.05) is 29.8 Å². The monoisotopic (exact) mass is 332 g/mol. The Balaban J connectivity index is 1.76. The number of aromatic nitrogens is 1. The lowest BCUT2D eigenvalue weighted by molar-refractivity contribution is -0.130. The van der Waals surface area contributed by atoms with Gasteiger partial charge < -0.3 is 9.47 Å². The first-order valence-corrected chi connectivity index (χ1v) is 8.27. The van der Waals surface area contributed by atoms with Crippen LogP contribution in [0, 0.1) is 6.92 Å². The van der Waals surface area contributed by atoms with Gasteiger partial charge in [-0.25, -0.2) is 0 Å². The number of amides is 1. The van der Waals surface area contributed by atoms with Crippen LogP contribution in [0.15, 0.2) is 42.5 Å². The number of thiophene rings is 1. The van der Waals surface area contributed by atoms with Gasteiger partial charge in [0.15, 0.2) is 0 Å². The van der Waals surface area contributed by atoms with E-state index in [2.05, 4.69) is 22.8 Å². The van der Waals surface area contributed by atoms with E-state index in [1.54, 1.807) is 4.90 Å². The first kappa shape index (κ1) is 15.1. The van der Waals surface area contributed by atoms with Gasteiger partial charge in [-0.2, -0.15) is 0 Å². The van der Waals surface area contributed by atoms with E-state index in [-0.39, 0.29) is 5.91 Å². The van der Waals surface area contributed by atoms with E-state index < -0.39 is 0 Å². The van der Waals surface area contributed by atoms with Gasteiger partial charge in [0, 0.05) is 23.1 Å². The third-order valence-corrected chi connectivity index (χ3v) is 4.97. The molecule has 0 bridgehead atoms. The number of hydrogen-bond donors (Lipinski definition) is 0. The minimum absolute atomic E-state index is 0.0916. The molecule has 0 N–H and O–H groups in total. The Morgan fingerprint density at radius 3 is 2.77 bits per heavy atom. The second kappa shape index (κ2) is 6.15. The van der Waals surface area contributed by atoms with E-state index >= 15 is 0 Å². The molecule has 2 aromatic heterocycles. The maximum atomic E-state index is 12.5. The summed E-state index contributed by atoms with van der Waals surface area (Å²) in [7, 11) is 1.83. The quantitative estimate of drug-likeness (QED) is 0.698. The van der Waals surface area contributed by atoms with Crippen molar-refractivity contribution >= 4 is 39.7 Å². The second-order valence-electron chi connectivity index (χ2n) is 5.39. The average Bonchev–Trinajstić information content (AvgIpc) is 3.03. The molecular weight excluding hydrogens is 316 g/mol. The number of aryl methyl sites for hydroxylation is 1. The van der Waals surface area contributed by atoms with Crippen molar-refractivity contribution in [3.05, 3.63) is 57.4 Å². The van der Waals surface area contributed by atoms with Crippen LogP contribution < -0.4 is 0 Å². The standard InChI is InChI=1S/C17H17ClN2OS/c1-12-9-13-5-3-4-6-15(13)20(12)11-17(21)19(2)10-14-7-8-16(18)22-14/h3-9H,10-11H2,1-2H3. The van der Waals surface area contributed by atoms with E-state index in [1.807, 2.05) is 38.2 Å². The maximum absolute atomic E-state index is 12.5. The molecule has 0 saturated heterocycles. The van der Waals surface area contributed by atoms with Crippen molar-refractivity contribution in [3.63, 3.8) is 0 Å². The molecular formula is C17H17ClN2OS. The molecule has 0 aliphatic heterocycles. The first-order valence-electron chi connectivity index (χ1n) is 7.07. The van der Waals surface area contributed by atoms with E-state index in [0.29, 0.717) is 13.1 Å². The molecule has 3 rings (SSSR count). The number of rotatable bonds is 4. The second-order valence-corrected chi connectivity index (χ2v) is 7.19. The van der Waals surface area contributed by atoms with Crippen molar-refractivity contribution in [2.45, 2.75) is 20.0 Å². The van der Waals surface area contributed by atoms with Crippen molar-refractivity contribution in [1.82, 2.24) is 9.47 Å². The first-order chi connectivity index (χ1) is 10.5. The lowest BCUT2D eigenvalue weighted by atomic mass is 10.2. The van der Waals surface area contributed by atoms with Gasteiger partial charge in [-0.15, -0.1) is 11.3 Å². The van der Waals surface area contributed by atoms with Crippen LogP contribution in [0.25, 0.3) is 10.9 Å². The van der Waals surface area contributed by atoms with Crippen molar-refractivity contribution in [2.75, 3.05) is 7.05 Å². The summed E-state index contributed by atoms with van der Waals surface area (Å²) in [6, 6.07) is 14.1. The molecule has 0 aliphatic rings. The van der Waals surface area contributed by atoms with Gasteiger partial charge in [0.05, 0.1) is 10.9 Å². The van der Waals surface area contributed by atoms with E-state index in [4.69, 9.17) is 11.6 Å². The average molecular weight is 333 g/mol. The van der Waals surface area contributed by atoms with E-state index in [9.17, 15) is 4.79 Å². The largest absolute Gasteiger partial charge is 0.339 e. The molecule has 0 radical (unpaired) electrons. The predicted octanol–water partition coefficient (Wildman–Crippen LogP) is 4.32. The van der Waals surface area contributed by atoms with Gasteiger partial charge in [0.25, 0.3) is 0 Å².